The zero-order chi connectivity index (χ0) is 18.1. The molecule has 0 fully saturated rings. The monoisotopic (exact) mass is 424 g/mol. The molecule has 1 aromatic carbocycles. The van der Waals surface area contributed by atoms with Crippen LogP contribution in [0.25, 0.3) is 22.8 Å². The second-order valence-electron chi connectivity index (χ2n) is 5.11. The Morgan fingerprint density at radius 1 is 1.23 bits per heavy atom. The molecular formula is C15H10Cl2N6OS2. The van der Waals surface area contributed by atoms with Crippen molar-refractivity contribution in [2.75, 3.05) is 5.84 Å². The Hall–Kier alpha value is -2.07. The lowest BCUT2D eigenvalue weighted by molar-refractivity contribution is 0.391. The van der Waals surface area contributed by atoms with Crippen molar-refractivity contribution in [2.24, 2.45) is 0 Å². The van der Waals surface area contributed by atoms with Crippen molar-refractivity contribution >= 4 is 46.3 Å². The van der Waals surface area contributed by atoms with Crippen LogP contribution in [0.5, 0.6) is 0 Å². The van der Waals surface area contributed by atoms with Crippen LogP contribution in [0.4, 0.5) is 0 Å². The van der Waals surface area contributed by atoms with E-state index >= 15 is 0 Å². The van der Waals surface area contributed by atoms with Gasteiger partial charge in [-0.1, -0.05) is 40.1 Å². The normalized spacial score (nSPS) is 11.2. The van der Waals surface area contributed by atoms with E-state index in [4.69, 9.17) is 33.6 Å². The summed E-state index contributed by atoms with van der Waals surface area (Å²) in [5.74, 6) is 8.00. The summed E-state index contributed by atoms with van der Waals surface area (Å²) in [7, 11) is 0. The van der Waals surface area contributed by atoms with E-state index in [9.17, 15) is 0 Å². The van der Waals surface area contributed by atoms with Gasteiger partial charge in [0.2, 0.25) is 16.9 Å². The van der Waals surface area contributed by atoms with E-state index in [0.29, 0.717) is 44.1 Å². The highest BCUT2D eigenvalue weighted by Gasteiger charge is 2.17. The molecule has 0 atom stereocenters. The average Bonchev–Trinajstić information content (AvgIpc) is 3.34. The first-order valence-electron chi connectivity index (χ1n) is 7.25. The Bertz CT molecular complexity index is 1050. The largest absolute Gasteiger partial charge is 0.338 e. The third-order valence-corrected chi connectivity index (χ3v) is 5.57. The molecule has 0 spiro atoms. The molecule has 0 amide bonds. The fraction of sp³-hybridized carbons (Fsp3) is 0.0667. The number of thioether (sulfide) groups is 1. The smallest absolute Gasteiger partial charge is 0.237 e. The van der Waals surface area contributed by atoms with E-state index in [0.717, 1.165) is 5.56 Å². The van der Waals surface area contributed by atoms with Gasteiger partial charge in [-0.3, -0.25) is 0 Å². The van der Waals surface area contributed by atoms with E-state index in [1.54, 1.807) is 29.5 Å². The Kier molecular flexibility index (Phi) is 4.86. The zero-order valence-corrected chi connectivity index (χ0v) is 16.1. The highest BCUT2D eigenvalue weighted by atomic mass is 35.5. The van der Waals surface area contributed by atoms with Crippen LogP contribution in [-0.2, 0) is 5.75 Å². The first-order valence-corrected chi connectivity index (χ1v) is 9.94. The fourth-order valence-corrected chi connectivity index (χ4v) is 4.00. The molecule has 3 heterocycles. The second kappa shape index (κ2) is 7.28. The highest BCUT2D eigenvalue weighted by molar-refractivity contribution is 7.98. The molecule has 0 radical (unpaired) electrons. The van der Waals surface area contributed by atoms with Gasteiger partial charge in [0.25, 0.3) is 0 Å². The van der Waals surface area contributed by atoms with Crippen molar-refractivity contribution in [2.45, 2.75) is 10.9 Å². The zero-order valence-electron chi connectivity index (χ0n) is 13.0. The van der Waals surface area contributed by atoms with E-state index < -0.39 is 0 Å². The maximum Gasteiger partial charge on any atom is 0.237 e. The van der Waals surface area contributed by atoms with Crippen LogP contribution in [0.3, 0.4) is 0 Å². The van der Waals surface area contributed by atoms with Crippen LogP contribution in [-0.4, -0.2) is 25.0 Å². The van der Waals surface area contributed by atoms with E-state index in [-0.39, 0.29) is 0 Å². The third kappa shape index (κ3) is 3.43. The number of benzene rings is 1. The molecule has 0 saturated heterocycles. The number of nitrogens with zero attached hydrogens (tertiary/aromatic N) is 5. The predicted octanol–water partition coefficient (Wildman–Crippen LogP) is 4.37. The van der Waals surface area contributed by atoms with Gasteiger partial charge in [0.15, 0.2) is 5.82 Å². The summed E-state index contributed by atoms with van der Waals surface area (Å²) in [5.41, 5.74) is 1.58. The van der Waals surface area contributed by atoms with Crippen LogP contribution in [0.15, 0.2) is 44.7 Å². The van der Waals surface area contributed by atoms with Gasteiger partial charge in [-0.15, -0.1) is 10.2 Å². The van der Waals surface area contributed by atoms with E-state index in [2.05, 4.69) is 20.3 Å². The summed E-state index contributed by atoms with van der Waals surface area (Å²) in [6, 6.07) is 7.03. The van der Waals surface area contributed by atoms with Gasteiger partial charge in [0.1, 0.15) is 0 Å². The van der Waals surface area contributed by atoms with Gasteiger partial charge in [0.05, 0.1) is 10.8 Å². The van der Waals surface area contributed by atoms with Crippen LogP contribution in [0.2, 0.25) is 10.0 Å². The molecule has 2 N–H and O–H groups in total. The summed E-state index contributed by atoms with van der Waals surface area (Å²) in [5, 5.41) is 17.6. The van der Waals surface area contributed by atoms with Crippen molar-refractivity contribution in [1.82, 2.24) is 25.0 Å². The number of nitrogens with two attached hydrogens (primary N) is 1. The first-order chi connectivity index (χ1) is 12.6. The molecule has 3 aromatic heterocycles. The Labute approximate surface area is 166 Å². The van der Waals surface area contributed by atoms with Gasteiger partial charge in [-0.05, 0) is 29.6 Å². The molecule has 0 aliphatic rings. The molecular weight excluding hydrogens is 415 g/mol. The summed E-state index contributed by atoms with van der Waals surface area (Å²) in [4.78, 5) is 4.36. The molecule has 7 nitrogen and oxygen atoms in total. The quantitative estimate of drug-likeness (QED) is 0.375. The molecule has 4 aromatic rings. The SMILES string of the molecule is Nn1c(SCc2nc(-c3ccsc3)no2)nnc1-c1ccc(Cl)cc1Cl. The lowest BCUT2D eigenvalue weighted by Crippen LogP contribution is -2.11. The van der Waals surface area contributed by atoms with Gasteiger partial charge >= 0.3 is 0 Å². The highest BCUT2D eigenvalue weighted by Crippen LogP contribution is 2.31. The van der Waals surface area contributed by atoms with E-state index in [1.807, 2.05) is 16.8 Å². The number of aromatic nitrogens is 5. The van der Waals surface area contributed by atoms with Gasteiger partial charge in [-0.25, -0.2) is 4.68 Å². The molecule has 0 saturated carbocycles. The Morgan fingerprint density at radius 3 is 2.88 bits per heavy atom. The molecule has 0 aliphatic carbocycles. The fourth-order valence-electron chi connectivity index (χ4n) is 2.18. The van der Waals surface area contributed by atoms with E-state index in [1.165, 1.54) is 16.4 Å². The molecule has 26 heavy (non-hydrogen) atoms. The first kappa shape index (κ1) is 17.3. The van der Waals surface area contributed by atoms with Gasteiger partial charge in [0, 0.05) is 21.5 Å². The average molecular weight is 425 g/mol. The van der Waals surface area contributed by atoms with Crippen LogP contribution < -0.4 is 5.84 Å². The Morgan fingerprint density at radius 2 is 2.12 bits per heavy atom. The number of halogens is 2. The summed E-state index contributed by atoms with van der Waals surface area (Å²) in [6.07, 6.45) is 0. The topological polar surface area (TPSA) is 95.7 Å². The summed E-state index contributed by atoms with van der Waals surface area (Å²) < 4.78 is 6.63. The lowest BCUT2D eigenvalue weighted by atomic mass is 10.2. The molecule has 0 unspecified atom stereocenters. The van der Waals surface area contributed by atoms with Crippen molar-refractivity contribution < 1.29 is 4.52 Å². The number of rotatable bonds is 5. The van der Waals surface area contributed by atoms with Crippen LogP contribution >= 0.6 is 46.3 Å². The number of hydrogen-bond donors (Lipinski definition) is 1. The summed E-state index contributed by atoms with van der Waals surface area (Å²) in [6.45, 7) is 0. The number of thiophene rings is 1. The van der Waals surface area contributed by atoms with Crippen molar-refractivity contribution in [3.05, 3.63) is 51.0 Å². The lowest BCUT2D eigenvalue weighted by Gasteiger charge is -2.05. The van der Waals surface area contributed by atoms with Gasteiger partial charge in [-0.2, -0.15) is 16.3 Å². The van der Waals surface area contributed by atoms with Crippen molar-refractivity contribution in [3.8, 4) is 22.8 Å². The number of hydrogen-bond acceptors (Lipinski definition) is 8. The van der Waals surface area contributed by atoms with Crippen LogP contribution in [0, 0.1) is 0 Å². The molecule has 0 bridgehead atoms. The predicted molar refractivity (Wildman–Crippen MR) is 103 cm³/mol. The number of nitrogen functional groups attached to an aromatic ring is 1. The molecule has 4 rings (SSSR count). The Balaban J connectivity index is 1.50. The molecule has 0 aliphatic heterocycles. The third-order valence-electron chi connectivity index (χ3n) is 3.41. The molecule has 132 valence electrons. The minimum Gasteiger partial charge on any atom is -0.338 e. The van der Waals surface area contributed by atoms with Crippen molar-refractivity contribution in [1.29, 1.82) is 0 Å². The maximum atomic E-state index is 6.21. The van der Waals surface area contributed by atoms with Crippen LogP contribution in [0.1, 0.15) is 5.89 Å². The maximum absolute atomic E-state index is 6.21. The minimum atomic E-state index is 0.417. The second-order valence-corrected chi connectivity index (χ2v) is 7.68. The molecule has 11 heteroatoms. The van der Waals surface area contributed by atoms with Crippen molar-refractivity contribution in [3.63, 3.8) is 0 Å². The van der Waals surface area contributed by atoms with Gasteiger partial charge < -0.3 is 10.4 Å². The standard InChI is InChI=1S/C15H10Cl2N6OS2/c16-9-1-2-10(11(17)5-9)14-20-21-15(23(14)18)26-7-12-19-13(22-24-12)8-3-4-25-6-8/h1-6H,7,18H2. The summed E-state index contributed by atoms with van der Waals surface area (Å²) >= 11 is 15.0. The minimum absolute atomic E-state index is 0.417.